The van der Waals surface area contributed by atoms with E-state index in [1.165, 1.54) is 18.2 Å². The van der Waals surface area contributed by atoms with Crippen molar-refractivity contribution in [2.75, 3.05) is 6.61 Å². The number of rotatable bonds is 4. The zero-order valence-corrected chi connectivity index (χ0v) is 12.2. The molecule has 0 atom stereocenters. The molecule has 0 saturated heterocycles. The summed E-state index contributed by atoms with van der Waals surface area (Å²) >= 11 is 1.97. The molecule has 0 unspecified atom stereocenters. The molecule has 1 aromatic rings. The highest BCUT2D eigenvalue weighted by Gasteiger charge is 2.31. The first kappa shape index (κ1) is 13.7. The van der Waals surface area contributed by atoms with Crippen LogP contribution in [0.4, 0.5) is 4.39 Å². The van der Waals surface area contributed by atoms with Crippen molar-refractivity contribution >= 4 is 28.5 Å². The standard InChI is InChI=1S/C13H15FINO2/c1-2-18-10-6-9(7-10)16-13(17)11-4-3-8(14)5-12(11)15/h3-5,9-10H,2,6-7H2,1H3,(H,16,17). The van der Waals surface area contributed by atoms with Crippen molar-refractivity contribution in [3.05, 3.63) is 33.1 Å². The lowest BCUT2D eigenvalue weighted by Crippen LogP contribution is -2.47. The number of ether oxygens (including phenoxy) is 1. The van der Waals surface area contributed by atoms with Gasteiger partial charge in [-0.3, -0.25) is 4.79 Å². The van der Waals surface area contributed by atoms with E-state index in [1.807, 2.05) is 29.5 Å². The minimum Gasteiger partial charge on any atom is -0.378 e. The first-order valence-corrected chi connectivity index (χ1v) is 7.05. The number of nitrogens with one attached hydrogen (secondary N) is 1. The molecular formula is C13H15FINO2. The number of benzene rings is 1. The van der Waals surface area contributed by atoms with Gasteiger partial charge in [0.1, 0.15) is 5.82 Å². The predicted octanol–water partition coefficient (Wildman–Crippen LogP) is 2.73. The topological polar surface area (TPSA) is 38.3 Å². The van der Waals surface area contributed by atoms with E-state index in [9.17, 15) is 9.18 Å². The molecule has 1 aromatic carbocycles. The summed E-state index contributed by atoms with van der Waals surface area (Å²) in [4.78, 5) is 12.0. The van der Waals surface area contributed by atoms with E-state index in [-0.39, 0.29) is 23.9 Å². The van der Waals surface area contributed by atoms with Crippen molar-refractivity contribution < 1.29 is 13.9 Å². The molecule has 2 rings (SSSR count). The summed E-state index contributed by atoms with van der Waals surface area (Å²) in [6.07, 6.45) is 1.99. The van der Waals surface area contributed by atoms with Gasteiger partial charge in [-0.15, -0.1) is 0 Å². The molecule has 0 aromatic heterocycles. The van der Waals surface area contributed by atoms with Crippen LogP contribution in [0.25, 0.3) is 0 Å². The molecule has 3 nitrogen and oxygen atoms in total. The number of halogens is 2. The molecule has 1 fully saturated rings. The summed E-state index contributed by atoms with van der Waals surface area (Å²) in [5.41, 5.74) is 0.525. The van der Waals surface area contributed by atoms with Crippen LogP contribution in [-0.2, 0) is 4.74 Å². The maximum Gasteiger partial charge on any atom is 0.252 e. The van der Waals surface area contributed by atoms with Gasteiger partial charge in [0.2, 0.25) is 0 Å². The van der Waals surface area contributed by atoms with Gasteiger partial charge in [-0.05, 0) is 60.6 Å². The van der Waals surface area contributed by atoms with Crippen molar-refractivity contribution in [2.45, 2.75) is 31.9 Å². The van der Waals surface area contributed by atoms with Crippen LogP contribution in [0.3, 0.4) is 0 Å². The highest BCUT2D eigenvalue weighted by Crippen LogP contribution is 2.24. The van der Waals surface area contributed by atoms with Crippen molar-refractivity contribution in [1.29, 1.82) is 0 Å². The third-order valence-corrected chi connectivity index (χ3v) is 3.90. The lowest BCUT2D eigenvalue weighted by atomic mass is 9.89. The third kappa shape index (κ3) is 3.20. The Hall–Kier alpha value is -0.690. The van der Waals surface area contributed by atoms with Crippen LogP contribution in [0.2, 0.25) is 0 Å². The van der Waals surface area contributed by atoms with Gasteiger partial charge in [0, 0.05) is 16.2 Å². The van der Waals surface area contributed by atoms with Crippen LogP contribution < -0.4 is 5.32 Å². The van der Waals surface area contributed by atoms with Gasteiger partial charge >= 0.3 is 0 Å². The minimum absolute atomic E-state index is 0.139. The quantitative estimate of drug-likeness (QED) is 0.836. The van der Waals surface area contributed by atoms with Gasteiger partial charge in [-0.1, -0.05) is 0 Å². The molecule has 1 aliphatic rings. The van der Waals surface area contributed by atoms with Gasteiger partial charge in [-0.2, -0.15) is 0 Å². The largest absolute Gasteiger partial charge is 0.378 e. The SMILES string of the molecule is CCOC1CC(NC(=O)c2ccc(F)cc2I)C1. The predicted molar refractivity (Wildman–Crippen MR) is 75.0 cm³/mol. The normalized spacial score (nSPS) is 22.4. The maximum atomic E-state index is 12.9. The molecule has 1 aliphatic carbocycles. The van der Waals surface area contributed by atoms with Crippen LogP contribution in [0.5, 0.6) is 0 Å². The monoisotopic (exact) mass is 363 g/mol. The van der Waals surface area contributed by atoms with E-state index in [1.54, 1.807) is 0 Å². The molecule has 1 N–H and O–H groups in total. The van der Waals surface area contributed by atoms with E-state index < -0.39 is 0 Å². The Kier molecular flexibility index (Phi) is 4.55. The van der Waals surface area contributed by atoms with Gasteiger partial charge in [-0.25, -0.2) is 4.39 Å². The second-order valence-corrected chi connectivity index (χ2v) is 5.51. The Morgan fingerprint density at radius 2 is 2.28 bits per heavy atom. The second kappa shape index (κ2) is 5.97. The number of hydrogen-bond donors (Lipinski definition) is 1. The average Bonchev–Trinajstić information content (AvgIpc) is 2.26. The van der Waals surface area contributed by atoms with Crippen molar-refractivity contribution in [3.8, 4) is 0 Å². The lowest BCUT2D eigenvalue weighted by Gasteiger charge is -2.35. The highest BCUT2D eigenvalue weighted by atomic mass is 127. The third-order valence-electron chi connectivity index (χ3n) is 3.01. The summed E-state index contributed by atoms with van der Waals surface area (Å²) in [7, 11) is 0. The smallest absolute Gasteiger partial charge is 0.252 e. The second-order valence-electron chi connectivity index (χ2n) is 4.34. The fourth-order valence-corrected chi connectivity index (χ4v) is 2.71. The van der Waals surface area contributed by atoms with Crippen LogP contribution in [0.15, 0.2) is 18.2 Å². The summed E-state index contributed by atoms with van der Waals surface area (Å²) in [5.74, 6) is -0.463. The summed E-state index contributed by atoms with van der Waals surface area (Å²) in [5, 5.41) is 2.94. The van der Waals surface area contributed by atoms with E-state index in [4.69, 9.17) is 4.74 Å². The van der Waals surface area contributed by atoms with Crippen molar-refractivity contribution in [2.24, 2.45) is 0 Å². The van der Waals surface area contributed by atoms with Crippen molar-refractivity contribution in [3.63, 3.8) is 0 Å². The molecule has 0 radical (unpaired) electrons. The zero-order valence-electron chi connectivity index (χ0n) is 10.1. The highest BCUT2D eigenvalue weighted by molar-refractivity contribution is 14.1. The number of hydrogen-bond acceptors (Lipinski definition) is 2. The van der Waals surface area contributed by atoms with Crippen molar-refractivity contribution in [1.82, 2.24) is 5.32 Å². The van der Waals surface area contributed by atoms with Gasteiger partial charge < -0.3 is 10.1 Å². The van der Waals surface area contributed by atoms with E-state index in [2.05, 4.69) is 5.32 Å². The number of carbonyl (C=O) groups is 1. The van der Waals surface area contributed by atoms with Crippen LogP contribution >= 0.6 is 22.6 Å². The Morgan fingerprint density at radius 1 is 1.56 bits per heavy atom. The summed E-state index contributed by atoms with van der Waals surface area (Å²) in [6.45, 7) is 2.67. The molecule has 98 valence electrons. The molecule has 0 aliphatic heterocycles. The number of amides is 1. The average molecular weight is 363 g/mol. The Morgan fingerprint density at radius 3 is 2.89 bits per heavy atom. The van der Waals surface area contributed by atoms with E-state index in [0.29, 0.717) is 15.7 Å². The van der Waals surface area contributed by atoms with Crippen LogP contribution in [0, 0.1) is 9.39 Å². The summed E-state index contributed by atoms with van der Waals surface area (Å²) < 4.78 is 19.0. The summed E-state index contributed by atoms with van der Waals surface area (Å²) in [6, 6.07) is 4.36. The molecule has 0 heterocycles. The van der Waals surface area contributed by atoms with E-state index >= 15 is 0 Å². The Bertz CT molecular complexity index is 447. The Balaban J connectivity index is 1.89. The fraction of sp³-hybridized carbons (Fsp3) is 0.462. The fourth-order valence-electron chi connectivity index (χ4n) is 1.99. The molecule has 5 heteroatoms. The molecular weight excluding hydrogens is 348 g/mol. The molecule has 1 saturated carbocycles. The minimum atomic E-state index is -0.323. The molecule has 0 bridgehead atoms. The number of carbonyl (C=O) groups excluding carboxylic acids is 1. The zero-order chi connectivity index (χ0) is 13.1. The van der Waals surface area contributed by atoms with Gasteiger partial charge in [0.15, 0.2) is 0 Å². The maximum absolute atomic E-state index is 12.9. The Labute approximate surface area is 119 Å². The van der Waals surface area contributed by atoms with Gasteiger partial charge in [0.05, 0.1) is 11.7 Å². The van der Waals surface area contributed by atoms with E-state index in [0.717, 1.165) is 12.8 Å². The molecule has 0 spiro atoms. The van der Waals surface area contributed by atoms with Gasteiger partial charge in [0.25, 0.3) is 5.91 Å². The molecule has 1 amide bonds. The first-order chi connectivity index (χ1) is 8.60. The lowest BCUT2D eigenvalue weighted by molar-refractivity contribution is -0.00863. The first-order valence-electron chi connectivity index (χ1n) is 5.97. The van der Waals surface area contributed by atoms with Crippen LogP contribution in [0.1, 0.15) is 30.1 Å². The van der Waals surface area contributed by atoms with Crippen LogP contribution in [-0.4, -0.2) is 24.7 Å². The molecule has 18 heavy (non-hydrogen) atoms.